The first-order valence-electron chi connectivity index (χ1n) is 7.38. The fourth-order valence-electron chi connectivity index (χ4n) is 2.01. The van der Waals surface area contributed by atoms with Crippen LogP contribution in [0.25, 0.3) is 11.5 Å². The molecule has 0 aliphatic heterocycles. The summed E-state index contributed by atoms with van der Waals surface area (Å²) in [6, 6.07) is 11.0. The Morgan fingerprint density at radius 1 is 1.26 bits per heavy atom. The van der Waals surface area contributed by atoms with Crippen molar-refractivity contribution in [2.24, 2.45) is 0 Å². The minimum atomic E-state index is -0.514. The lowest BCUT2D eigenvalue weighted by Crippen LogP contribution is -2.14. The van der Waals surface area contributed by atoms with Crippen molar-refractivity contribution < 1.29 is 14.1 Å². The first kappa shape index (κ1) is 19.3. The van der Waals surface area contributed by atoms with E-state index in [1.165, 1.54) is 18.2 Å². The van der Waals surface area contributed by atoms with Crippen molar-refractivity contribution in [3.63, 3.8) is 0 Å². The quantitative estimate of drug-likeness (QED) is 0.314. The number of carbonyl (C=O) groups excluding carboxylic acids is 1. The Kier molecular flexibility index (Phi) is 6.09. The number of anilines is 1. The maximum atomic E-state index is 12.1. The van der Waals surface area contributed by atoms with Gasteiger partial charge in [-0.3, -0.25) is 14.9 Å². The molecule has 138 valence electrons. The van der Waals surface area contributed by atoms with E-state index in [4.69, 9.17) is 16.0 Å². The molecule has 0 fully saturated rings. The molecule has 1 N–H and O–H groups in total. The van der Waals surface area contributed by atoms with E-state index in [0.29, 0.717) is 21.1 Å². The third kappa shape index (κ3) is 5.06. The highest BCUT2D eigenvalue weighted by molar-refractivity contribution is 9.10. The topological polar surface area (TPSA) is 111 Å². The summed E-state index contributed by atoms with van der Waals surface area (Å²) in [5.74, 6) is 0.0413. The lowest BCUT2D eigenvalue weighted by atomic mass is 10.2. The number of non-ortho nitro benzene ring substituents is 1. The SMILES string of the molecule is O=C(CSc1nnc(-c2ccc(Cl)cc2)o1)Nc1ccc([N+](=O)[O-])cc1Br. The zero-order chi connectivity index (χ0) is 19.4. The molecule has 2 aromatic carbocycles. The van der Waals surface area contributed by atoms with Gasteiger partial charge in [-0.25, -0.2) is 0 Å². The standard InChI is InChI=1S/C16H10BrClN4O4S/c17-12-7-11(22(24)25)5-6-13(12)19-14(23)8-27-16-21-20-15(26-16)9-1-3-10(18)4-2-9/h1-7H,8H2,(H,19,23). The Morgan fingerprint density at radius 2 is 2.00 bits per heavy atom. The average Bonchev–Trinajstić information content (AvgIpc) is 3.11. The number of nitrogens with one attached hydrogen (secondary N) is 1. The summed E-state index contributed by atoms with van der Waals surface area (Å²) in [7, 11) is 0. The molecule has 27 heavy (non-hydrogen) atoms. The van der Waals surface area contributed by atoms with Gasteiger partial charge in [0.1, 0.15) is 0 Å². The second kappa shape index (κ2) is 8.51. The molecule has 1 aromatic heterocycles. The number of benzene rings is 2. The molecule has 11 heteroatoms. The number of halogens is 2. The molecule has 0 bridgehead atoms. The molecule has 0 aliphatic carbocycles. The van der Waals surface area contributed by atoms with Crippen LogP contribution in [0.3, 0.4) is 0 Å². The van der Waals surface area contributed by atoms with Crippen molar-refractivity contribution in [1.82, 2.24) is 10.2 Å². The van der Waals surface area contributed by atoms with Crippen LogP contribution >= 0.6 is 39.3 Å². The second-order valence-corrected chi connectivity index (χ2v) is 7.36. The number of hydrogen-bond acceptors (Lipinski definition) is 7. The highest BCUT2D eigenvalue weighted by Gasteiger charge is 2.14. The number of nitrogens with zero attached hydrogens (tertiary/aromatic N) is 3. The third-order valence-electron chi connectivity index (χ3n) is 3.26. The van der Waals surface area contributed by atoms with Gasteiger partial charge < -0.3 is 9.73 Å². The van der Waals surface area contributed by atoms with Crippen LogP contribution in [-0.2, 0) is 4.79 Å². The van der Waals surface area contributed by atoms with E-state index in [9.17, 15) is 14.9 Å². The predicted molar refractivity (Wildman–Crippen MR) is 105 cm³/mol. The normalized spacial score (nSPS) is 10.6. The predicted octanol–water partition coefficient (Wildman–Crippen LogP) is 4.79. The summed E-state index contributed by atoms with van der Waals surface area (Å²) in [4.78, 5) is 22.3. The molecule has 0 unspecified atom stereocenters. The Morgan fingerprint density at radius 3 is 2.67 bits per heavy atom. The summed E-state index contributed by atoms with van der Waals surface area (Å²) < 4.78 is 5.92. The highest BCUT2D eigenvalue weighted by Crippen LogP contribution is 2.28. The molecule has 3 aromatic rings. The van der Waals surface area contributed by atoms with Crippen LogP contribution in [0, 0.1) is 10.1 Å². The van der Waals surface area contributed by atoms with E-state index in [0.717, 1.165) is 17.3 Å². The lowest BCUT2D eigenvalue weighted by Gasteiger charge is -2.06. The molecule has 0 atom stereocenters. The average molecular weight is 470 g/mol. The van der Waals surface area contributed by atoms with Crippen LogP contribution in [0.1, 0.15) is 0 Å². The summed E-state index contributed by atoms with van der Waals surface area (Å²) in [5.41, 5.74) is 1.08. The maximum absolute atomic E-state index is 12.1. The minimum absolute atomic E-state index is 0.0334. The van der Waals surface area contributed by atoms with Crippen LogP contribution in [0.15, 0.2) is 56.6 Å². The minimum Gasteiger partial charge on any atom is -0.411 e. The fourth-order valence-corrected chi connectivity index (χ4v) is 3.16. The van der Waals surface area contributed by atoms with Crippen LogP contribution in [0.4, 0.5) is 11.4 Å². The van der Waals surface area contributed by atoms with Crippen LogP contribution < -0.4 is 5.32 Å². The number of amides is 1. The molecule has 1 heterocycles. The van der Waals surface area contributed by atoms with Crippen molar-refractivity contribution in [1.29, 1.82) is 0 Å². The van der Waals surface area contributed by atoms with E-state index in [-0.39, 0.29) is 22.6 Å². The van der Waals surface area contributed by atoms with Gasteiger partial charge in [0.05, 0.1) is 16.4 Å². The first-order chi connectivity index (χ1) is 12.9. The van der Waals surface area contributed by atoms with Gasteiger partial charge in [-0.2, -0.15) is 0 Å². The van der Waals surface area contributed by atoms with Crippen molar-refractivity contribution in [2.75, 3.05) is 11.1 Å². The number of carbonyl (C=O) groups is 1. The van der Waals surface area contributed by atoms with E-state index in [1.807, 2.05) is 0 Å². The molecular weight excluding hydrogens is 460 g/mol. The monoisotopic (exact) mass is 468 g/mol. The van der Waals surface area contributed by atoms with Crippen molar-refractivity contribution in [2.45, 2.75) is 5.22 Å². The molecule has 0 saturated heterocycles. The van der Waals surface area contributed by atoms with Gasteiger partial charge in [-0.15, -0.1) is 10.2 Å². The number of nitro groups is 1. The molecule has 3 rings (SSSR count). The Labute approximate surface area is 170 Å². The van der Waals surface area contributed by atoms with Crippen molar-refractivity contribution in [3.8, 4) is 11.5 Å². The molecule has 0 radical (unpaired) electrons. The van der Waals surface area contributed by atoms with Gasteiger partial charge in [-0.1, -0.05) is 23.4 Å². The molecular formula is C16H10BrClN4O4S. The fraction of sp³-hybridized carbons (Fsp3) is 0.0625. The Balaban J connectivity index is 1.58. The lowest BCUT2D eigenvalue weighted by molar-refractivity contribution is -0.384. The second-order valence-electron chi connectivity index (χ2n) is 5.14. The van der Waals surface area contributed by atoms with Crippen LogP contribution in [0.2, 0.25) is 5.02 Å². The van der Waals surface area contributed by atoms with Gasteiger partial charge in [0, 0.05) is 27.2 Å². The van der Waals surface area contributed by atoms with Crippen LogP contribution in [-0.4, -0.2) is 26.8 Å². The Hall–Kier alpha value is -2.43. The summed E-state index contributed by atoms with van der Waals surface area (Å²) >= 11 is 10.1. The summed E-state index contributed by atoms with van der Waals surface area (Å²) in [6.07, 6.45) is 0. The van der Waals surface area contributed by atoms with Crippen molar-refractivity contribution in [3.05, 3.63) is 62.1 Å². The number of hydrogen-bond donors (Lipinski definition) is 1. The third-order valence-corrected chi connectivity index (χ3v) is 4.99. The van der Waals surface area contributed by atoms with E-state index in [2.05, 4.69) is 31.4 Å². The largest absolute Gasteiger partial charge is 0.411 e. The van der Waals surface area contributed by atoms with Gasteiger partial charge in [0.2, 0.25) is 11.8 Å². The van der Waals surface area contributed by atoms with Crippen LogP contribution in [0.5, 0.6) is 0 Å². The number of aromatic nitrogens is 2. The zero-order valence-electron chi connectivity index (χ0n) is 13.4. The highest BCUT2D eigenvalue weighted by atomic mass is 79.9. The molecule has 0 spiro atoms. The molecule has 8 nitrogen and oxygen atoms in total. The summed E-state index contributed by atoms with van der Waals surface area (Å²) in [6.45, 7) is 0. The maximum Gasteiger partial charge on any atom is 0.277 e. The van der Waals surface area contributed by atoms with E-state index < -0.39 is 4.92 Å². The molecule has 0 saturated carbocycles. The van der Waals surface area contributed by atoms with Gasteiger partial charge >= 0.3 is 0 Å². The number of thioether (sulfide) groups is 1. The molecule has 0 aliphatic rings. The first-order valence-corrected chi connectivity index (χ1v) is 9.54. The number of rotatable bonds is 6. The Bertz CT molecular complexity index is 996. The summed E-state index contributed by atoms with van der Waals surface area (Å²) in [5, 5.41) is 22.1. The van der Waals surface area contributed by atoms with Crippen molar-refractivity contribution >= 4 is 56.6 Å². The van der Waals surface area contributed by atoms with E-state index in [1.54, 1.807) is 24.3 Å². The van der Waals surface area contributed by atoms with E-state index >= 15 is 0 Å². The number of nitro benzene ring substituents is 1. The van der Waals surface area contributed by atoms with Gasteiger partial charge in [-0.05, 0) is 46.3 Å². The van der Waals surface area contributed by atoms with Gasteiger partial charge in [0.15, 0.2) is 0 Å². The smallest absolute Gasteiger partial charge is 0.277 e. The molecule has 1 amide bonds. The van der Waals surface area contributed by atoms with Gasteiger partial charge in [0.25, 0.3) is 10.9 Å². The zero-order valence-corrected chi connectivity index (χ0v) is 16.5.